The van der Waals surface area contributed by atoms with Gasteiger partial charge in [-0.05, 0) is 43.4 Å². The molecule has 0 aliphatic carbocycles. The monoisotopic (exact) mass is 306 g/mol. The number of benzene rings is 1. The molecule has 3 N–H and O–H groups in total. The van der Waals surface area contributed by atoms with Crippen molar-refractivity contribution in [3.63, 3.8) is 0 Å². The number of aryl methyl sites for hydroxylation is 1. The topological polar surface area (TPSA) is 73.6 Å². The van der Waals surface area contributed by atoms with Crippen molar-refractivity contribution in [2.75, 3.05) is 25.5 Å². The summed E-state index contributed by atoms with van der Waals surface area (Å²) in [7, 11) is 0. The predicted molar refractivity (Wildman–Crippen MR) is 86.9 cm³/mol. The highest BCUT2D eigenvalue weighted by atomic mass is 16.5. The van der Waals surface area contributed by atoms with E-state index in [2.05, 4.69) is 12.2 Å². The molecule has 1 aromatic carbocycles. The second-order valence-corrected chi connectivity index (χ2v) is 5.66. The lowest BCUT2D eigenvalue weighted by molar-refractivity contribution is -0.121. The number of nitrogens with one attached hydrogen (secondary N) is 1. The van der Waals surface area contributed by atoms with Crippen LogP contribution in [0.2, 0.25) is 0 Å². The van der Waals surface area contributed by atoms with Crippen LogP contribution in [0.4, 0.5) is 5.69 Å². The van der Waals surface area contributed by atoms with Crippen molar-refractivity contribution in [3.8, 4) is 5.75 Å². The summed E-state index contributed by atoms with van der Waals surface area (Å²) in [4.78, 5) is 11.8. The van der Waals surface area contributed by atoms with Crippen LogP contribution in [0.3, 0.4) is 0 Å². The molecule has 1 saturated heterocycles. The zero-order valence-electron chi connectivity index (χ0n) is 13.3. The molecule has 1 unspecified atom stereocenters. The van der Waals surface area contributed by atoms with Crippen molar-refractivity contribution in [1.29, 1.82) is 0 Å². The number of nitrogen functional groups attached to an aromatic ring is 1. The maximum Gasteiger partial charge on any atom is 0.220 e. The molecular formula is C17H26N2O3. The van der Waals surface area contributed by atoms with Gasteiger partial charge in [-0.3, -0.25) is 4.79 Å². The molecule has 1 heterocycles. The molecule has 0 saturated carbocycles. The van der Waals surface area contributed by atoms with Crippen LogP contribution in [0.1, 0.15) is 38.2 Å². The second kappa shape index (κ2) is 8.63. The smallest absolute Gasteiger partial charge is 0.220 e. The van der Waals surface area contributed by atoms with Crippen LogP contribution in [-0.2, 0) is 16.0 Å². The fraction of sp³-hybridized carbons (Fsp3) is 0.588. The van der Waals surface area contributed by atoms with Gasteiger partial charge in [-0.15, -0.1) is 0 Å². The van der Waals surface area contributed by atoms with Crippen molar-refractivity contribution >= 4 is 11.6 Å². The van der Waals surface area contributed by atoms with Crippen molar-refractivity contribution in [2.24, 2.45) is 0 Å². The fourth-order valence-electron chi connectivity index (χ4n) is 2.48. The zero-order valence-corrected chi connectivity index (χ0v) is 13.3. The zero-order chi connectivity index (χ0) is 15.8. The molecule has 1 aliphatic rings. The first kappa shape index (κ1) is 16.6. The van der Waals surface area contributed by atoms with Gasteiger partial charge in [0.2, 0.25) is 5.91 Å². The molecule has 1 aromatic rings. The number of amides is 1. The first-order valence-corrected chi connectivity index (χ1v) is 8.08. The molecule has 22 heavy (non-hydrogen) atoms. The number of ether oxygens (including phenoxy) is 2. The van der Waals surface area contributed by atoms with Crippen LogP contribution in [0, 0.1) is 0 Å². The van der Waals surface area contributed by atoms with Crippen LogP contribution in [0.15, 0.2) is 18.2 Å². The highest BCUT2D eigenvalue weighted by Gasteiger charge is 2.16. The van der Waals surface area contributed by atoms with Crippen molar-refractivity contribution in [2.45, 2.75) is 45.1 Å². The van der Waals surface area contributed by atoms with Gasteiger partial charge in [-0.2, -0.15) is 0 Å². The third-order valence-electron chi connectivity index (χ3n) is 3.73. The van der Waals surface area contributed by atoms with E-state index in [0.29, 0.717) is 37.4 Å². The third-order valence-corrected chi connectivity index (χ3v) is 3.73. The van der Waals surface area contributed by atoms with E-state index in [9.17, 15) is 4.79 Å². The Kier molecular flexibility index (Phi) is 6.52. The number of anilines is 1. The summed E-state index contributed by atoms with van der Waals surface area (Å²) < 4.78 is 11.0. The second-order valence-electron chi connectivity index (χ2n) is 5.66. The number of hydrogen-bond acceptors (Lipinski definition) is 4. The summed E-state index contributed by atoms with van der Waals surface area (Å²) >= 11 is 0. The van der Waals surface area contributed by atoms with E-state index >= 15 is 0 Å². The Hall–Kier alpha value is -1.75. The van der Waals surface area contributed by atoms with Gasteiger partial charge in [0.25, 0.3) is 0 Å². The summed E-state index contributed by atoms with van der Waals surface area (Å²) in [5, 5.41) is 2.93. The largest absolute Gasteiger partial charge is 0.491 e. The number of carbonyl (C=O) groups excluding carboxylic acids is 1. The predicted octanol–water partition coefficient (Wildman–Crippen LogP) is 2.29. The number of nitrogens with two attached hydrogens (primary N) is 1. The van der Waals surface area contributed by atoms with Gasteiger partial charge < -0.3 is 20.5 Å². The lowest BCUT2D eigenvalue weighted by atomic mass is 10.1. The van der Waals surface area contributed by atoms with E-state index in [4.69, 9.17) is 15.2 Å². The molecule has 2 rings (SSSR count). The Morgan fingerprint density at radius 3 is 3.05 bits per heavy atom. The molecule has 5 nitrogen and oxygen atoms in total. The van der Waals surface area contributed by atoms with E-state index in [-0.39, 0.29) is 12.0 Å². The van der Waals surface area contributed by atoms with E-state index < -0.39 is 0 Å². The van der Waals surface area contributed by atoms with Crippen LogP contribution in [-0.4, -0.2) is 31.8 Å². The molecule has 1 fully saturated rings. The summed E-state index contributed by atoms with van der Waals surface area (Å²) in [6.45, 7) is 4.14. The SMILES string of the molecule is CCCOc1ccc(CCC(=O)NCC2CCCO2)cc1N. The van der Waals surface area contributed by atoms with Gasteiger partial charge in [0, 0.05) is 19.6 Å². The average Bonchev–Trinajstić information content (AvgIpc) is 3.03. The maximum atomic E-state index is 11.8. The Morgan fingerprint density at radius 1 is 1.50 bits per heavy atom. The summed E-state index contributed by atoms with van der Waals surface area (Å²) in [6, 6.07) is 5.73. The quantitative estimate of drug-likeness (QED) is 0.723. The molecule has 122 valence electrons. The van der Waals surface area contributed by atoms with Crippen molar-refractivity contribution in [1.82, 2.24) is 5.32 Å². The van der Waals surface area contributed by atoms with Crippen molar-refractivity contribution < 1.29 is 14.3 Å². The summed E-state index contributed by atoms with van der Waals surface area (Å²) in [5.41, 5.74) is 7.65. The van der Waals surface area contributed by atoms with Gasteiger partial charge in [-0.1, -0.05) is 13.0 Å². The number of hydrogen-bond donors (Lipinski definition) is 2. The summed E-state index contributed by atoms with van der Waals surface area (Å²) in [6.07, 6.45) is 4.40. The minimum atomic E-state index is 0.0559. The summed E-state index contributed by atoms with van der Waals surface area (Å²) in [5.74, 6) is 0.772. The molecule has 0 bridgehead atoms. The van der Waals surface area contributed by atoms with Gasteiger partial charge in [0.15, 0.2) is 0 Å². The van der Waals surface area contributed by atoms with E-state index in [1.807, 2.05) is 18.2 Å². The lowest BCUT2D eigenvalue weighted by Gasteiger charge is -2.11. The van der Waals surface area contributed by atoms with Gasteiger partial charge in [0.1, 0.15) is 5.75 Å². The number of carbonyl (C=O) groups is 1. The van der Waals surface area contributed by atoms with Gasteiger partial charge in [-0.25, -0.2) is 0 Å². The van der Waals surface area contributed by atoms with E-state index in [0.717, 1.165) is 31.4 Å². The molecule has 0 radical (unpaired) electrons. The van der Waals surface area contributed by atoms with Crippen LogP contribution >= 0.6 is 0 Å². The average molecular weight is 306 g/mol. The van der Waals surface area contributed by atoms with Crippen LogP contribution in [0.5, 0.6) is 5.75 Å². The van der Waals surface area contributed by atoms with E-state index in [1.54, 1.807) is 0 Å². The maximum absolute atomic E-state index is 11.8. The first-order valence-electron chi connectivity index (χ1n) is 8.08. The lowest BCUT2D eigenvalue weighted by Crippen LogP contribution is -2.31. The number of rotatable bonds is 8. The minimum Gasteiger partial charge on any atom is -0.491 e. The fourth-order valence-corrected chi connectivity index (χ4v) is 2.48. The van der Waals surface area contributed by atoms with E-state index in [1.165, 1.54) is 0 Å². The Morgan fingerprint density at radius 2 is 2.36 bits per heavy atom. The Balaban J connectivity index is 1.73. The molecule has 0 aromatic heterocycles. The van der Waals surface area contributed by atoms with Crippen molar-refractivity contribution in [3.05, 3.63) is 23.8 Å². The van der Waals surface area contributed by atoms with Crippen LogP contribution < -0.4 is 15.8 Å². The Labute approximate surface area is 132 Å². The molecule has 0 spiro atoms. The highest BCUT2D eigenvalue weighted by Crippen LogP contribution is 2.23. The highest BCUT2D eigenvalue weighted by molar-refractivity contribution is 5.76. The molecule has 5 heteroatoms. The minimum absolute atomic E-state index is 0.0559. The Bertz CT molecular complexity index is 485. The molecule has 1 aliphatic heterocycles. The third kappa shape index (κ3) is 5.22. The standard InChI is InChI=1S/C17H26N2O3/c1-2-9-22-16-7-5-13(11-15(16)18)6-8-17(20)19-12-14-4-3-10-21-14/h5,7,11,14H,2-4,6,8-10,12,18H2,1H3,(H,19,20). The van der Waals surface area contributed by atoms with Gasteiger partial charge >= 0.3 is 0 Å². The van der Waals surface area contributed by atoms with Gasteiger partial charge in [0.05, 0.1) is 18.4 Å². The first-order chi connectivity index (χ1) is 10.7. The normalized spacial score (nSPS) is 17.4. The molecule has 1 amide bonds. The molecular weight excluding hydrogens is 280 g/mol. The van der Waals surface area contributed by atoms with Crippen LogP contribution in [0.25, 0.3) is 0 Å². The molecule has 1 atom stereocenters.